The van der Waals surface area contributed by atoms with E-state index in [-0.39, 0.29) is 24.1 Å². The van der Waals surface area contributed by atoms with Crippen LogP contribution in [0.5, 0.6) is 6.01 Å². The Labute approximate surface area is 107 Å². The molecule has 2 aliphatic heterocycles. The van der Waals surface area contributed by atoms with E-state index in [0.29, 0.717) is 0 Å². The van der Waals surface area contributed by atoms with E-state index >= 15 is 0 Å². The molecule has 2 aliphatic rings. The fourth-order valence-corrected chi connectivity index (χ4v) is 2.20. The Morgan fingerprint density at radius 3 is 2.95 bits per heavy atom. The standard InChI is InChI=1S/C10H14N4O5/c1-18-10-13-7-5(8(17)14-10)11-4-6(16)3(15)2-19-9(4)12-7/h3-4,6,9,11,15-16H,2H2,1H3,(H2,12,13,14,17)/t3-,4-,6+,9+/m1/s1. The van der Waals surface area contributed by atoms with Gasteiger partial charge in [-0.25, -0.2) is 0 Å². The molecule has 0 amide bonds. The minimum atomic E-state index is -1.04. The molecule has 1 saturated heterocycles. The van der Waals surface area contributed by atoms with Crippen LogP contribution in [0.25, 0.3) is 0 Å². The van der Waals surface area contributed by atoms with Crippen LogP contribution in [-0.2, 0) is 4.74 Å². The monoisotopic (exact) mass is 270 g/mol. The zero-order valence-corrected chi connectivity index (χ0v) is 10.1. The van der Waals surface area contributed by atoms with Crippen molar-refractivity contribution >= 4 is 11.5 Å². The maximum Gasteiger partial charge on any atom is 0.298 e. The molecule has 0 spiro atoms. The Balaban J connectivity index is 1.98. The lowest BCUT2D eigenvalue weighted by Gasteiger charge is -2.42. The van der Waals surface area contributed by atoms with E-state index in [9.17, 15) is 15.0 Å². The second-order valence-corrected chi connectivity index (χ2v) is 4.43. The molecular weight excluding hydrogens is 256 g/mol. The first kappa shape index (κ1) is 12.2. The highest BCUT2D eigenvalue weighted by molar-refractivity contribution is 5.67. The molecule has 0 aliphatic carbocycles. The van der Waals surface area contributed by atoms with Gasteiger partial charge in [0.15, 0.2) is 12.0 Å². The average Bonchev–Trinajstić information content (AvgIpc) is 2.41. The number of rotatable bonds is 1. The second kappa shape index (κ2) is 4.37. The first-order chi connectivity index (χ1) is 9.10. The number of fused-ring (bicyclic) bond motifs is 2. The Kier molecular flexibility index (Phi) is 2.81. The van der Waals surface area contributed by atoms with E-state index in [2.05, 4.69) is 20.6 Å². The number of hydrogen-bond acceptors (Lipinski definition) is 8. The SMILES string of the molecule is COc1nc2c(c(=O)[nH]1)N[C@@H]1[C@@H](O)[C@H](O)CO[C@@H]1N2. The van der Waals surface area contributed by atoms with Gasteiger partial charge in [0.2, 0.25) is 0 Å². The molecule has 3 rings (SSSR count). The van der Waals surface area contributed by atoms with Crippen molar-refractivity contribution in [2.24, 2.45) is 0 Å². The normalized spacial score (nSPS) is 32.6. The summed E-state index contributed by atoms with van der Waals surface area (Å²) in [7, 11) is 1.39. The highest BCUT2D eigenvalue weighted by atomic mass is 16.5. The number of nitrogens with zero attached hydrogens (tertiary/aromatic N) is 1. The van der Waals surface area contributed by atoms with Crippen LogP contribution in [0.15, 0.2) is 4.79 Å². The molecule has 19 heavy (non-hydrogen) atoms. The molecule has 5 N–H and O–H groups in total. The van der Waals surface area contributed by atoms with Gasteiger partial charge in [0.25, 0.3) is 11.6 Å². The first-order valence-electron chi connectivity index (χ1n) is 5.79. The molecule has 0 bridgehead atoms. The van der Waals surface area contributed by atoms with Crippen molar-refractivity contribution < 1.29 is 19.7 Å². The predicted octanol–water partition coefficient (Wildman–Crippen LogP) is -1.94. The number of anilines is 2. The summed E-state index contributed by atoms with van der Waals surface area (Å²) in [4.78, 5) is 18.3. The van der Waals surface area contributed by atoms with Gasteiger partial charge < -0.3 is 30.3 Å². The lowest BCUT2D eigenvalue weighted by atomic mass is 9.99. The number of hydrogen-bond donors (Lipinski definition) is 5. The summed E-state index contributed by atoms with van der Waals surface area (Å²) in [6.45, 7) is 0.00662. The number of methoxy groups -OCH3 is 1. The highest BCUT2D eigenvalue weighted by Gasteiger charge is 2.42. The number of aliphatic hydroxyl groups excluding tert-OH is 2. The van der Waals surface area contributed by atoms with Gasteiger partial charge in [-0.05, 0) is 0 Å². The van der Waals surface area contributed by atoms with E-state index in [1.807, 2.05) is 0 Å². The quantitative estimate of drug-likeness (QED) is 0.399. The van der Waals surface area contributed by atoms with Crippen molar-refractivity contribution in [2.75, 3.05) is 24.4 Å². The molecule has 104 valence electrons. The molecule has 0 aromatic carbocycles. The highest BCUT2D eigenvalue weighted by Crippen LogP contribution is 2.29. The Hall–Kier alpha value is -1.84. The number of H-pyrrole nitrogens is 1. The molecule has 1 aromatic rings. The maximum absolute atomic E-state index is 11.8. The fourth-order valence-electron chi connectivity index (χ4n) is 2.20. The van der Waals surface area contributed by atoms with Crippen LogP contribution in [0.2, 0.25) is 0 Å². The van der Waals surface area contributed by atoms with Crippen LogP contribution in [0, 0.1) is 0 Å². The van der Waals surface area contributed by atoms with Crippen LogP contribution < -0.4 is 20.9 Å². The van der Waals surface area contributed by atoms with Gasteiger partial charge in [0.05, 0.1) is 19.8 Å². The van der Waals surface area contributed by atoms with Crippen LogP contribution >= 0.6 is 0 Å². The first-order valence-corrected chi connectivity index (χ1v) is 5.79. The number of ether oxygens (including phenoxy) is 2. The molecule has 0 saturated carbocycles. The van der Waals surface area contributed by atoms with E-state index in [4.69, 9.17) is 9.47 Å². The summed E-state index contributed by atoms with van der Waals surface area (Å²) in [5.74, 6) is 0.283. The van der Waals surface area contributed by atoms with Crippen molar-refractivity contribution in [2.45, 2.75) is 24.5 Å². The topological polar surface area (TPSA) is 129 Å². The van der Waals surface area contributed by atoms with E-state index in [1.165, 1.54) is 7.11 Å². The lowest BCUT2D eigenvalue weighted by molar-refractivity contribution is -0.121. The number of aromatic nitrogens is 2. The summed E-state index contributed by atoms with van der Waals surface area (Å²) in [6, 6.07) is -0.555. The maximum atomic E-state index is 11.8. The average molecular weight is 270 g/mol. The fraction of sp³-hybridized carbons (Fsp3) is 0.600. The molecule has 1 fully saturated rings. The zero-order chi connectivity index (χ0) is 13.6. The molecule has 4 atom stereocenters. The Morgan fingerprint density at radius 1 is 1.42 bits per heavy atom. The number of aromatic amines is 1. The van der Waals surface area contributed by atoms with Gasteiger partial charge in [0.1, 0.15) is 17.9 Å². The van der Waals surface area contributed by atoms with Crippen molar-refractivity contribution in [3.63, 3.8) is 0 Å². The zero-order valence-electron chi connectivity index (χ0n) is 10.1. The second-order valence-electron chi connectivity index (χ2n) is 4.43. The van der Waals surface area contributed by atoms with Gasteiger partial charge in [-0.1, -0.05) is 0 Å². The van der Waals surface area contributed by atoms with Gasteiger partial charge in [-0.15, -0.1) is 0 Å². The molecule has 3 heterocycles. The Morgan fingerprint density at radius 2 is 2.21 bits per heavy atom. The smallest absolute Gasteiger partial charge is 0.298 e. The third-order valence-corrected chi connectivity index (χ3v) is 3.22. The van der Waals surface area contributed by atoms with Gasteiger partial charge in [0, 0.05) is 0 Å². The van der Waals surface area contributed by atoms with Crippen LogP contribution in [-0.4, -0.2) is 58.4 Å². The van der Waals surface area contributed by atoms with Crippen molar-refractivity contribution in [1.82, 2.24) is 9.97 Å². The summed E-state index contributed by atoms with van der Waals surface area (Å²) in [5, 5.41) is 25.2. The molecule has 1 aromatic heterocycles. The number of aliphatic hydroxyl groups is 2. The number of nitrogens with one attached hydrogen (secondary N) is 3. The van der Waals surface area contributed by atoms with Gasteiger partial charge in [-0.3, -0.25) is 9.78 Å². The minimum Gasteiger partial charge on any atom is -0.468 e. The summed E-state index contributed by atoms with van der Waals surface area (Å²) < 4.78 is 10.2. The molecule has 9 nitrogen and oxygen atoms in total. The van der Waals surface area contributed by atoms with Crippen molar-refractivity contribution in [3.8, 4) is 6.01 Å². The third-order valence-electron chi connectivity index (χ3n) is 3.22. The third kappa shape index (κ3) is 1.91. The van der Waals surface area contributed by atoms with Gasteiger partial charge >= 0.3 is 0 Å². The predicted molar refractivity (Wildman–Crippen MR) is 64.2 cm³/mol. The van der Waals surface area contributed by atoms with Crippen LogP contribution in [0.4, 0.5) is 11.5 Å². The lowest BCUT2D eigenvalue weighted by Crippen LogP contribution is -2.61. The minimum absolute atomic E-state index is 0.00662. The molecule has 9 heteroatoms. The summed E-state index contributed by atoms with van der Waals surface area (Å²) >= 11 is 0. The Bertz CT molecular complexity index is 547. The van der Waals surface area contributed by atoms with Crippen LogP contribution in [0.3, 0.4) is 0 Å². The van der Waals surface area contributed by atoms with Crippen LogP contribution in [0.1, 0.15) is 0 Å². The molecule has 0 radical (unpaired) electrons. The van der Waals surface area contributed by atoms with Crippen molar-refractivity contribution in [1.29, 1.82) is 0 Å². The summed E-state index contributed by atoms with van der Waals surface area (Å²) in [6.07, 6.45) is -2.62. The van der Waals surface area contributed by atoms with E-state index < -0.39 is 30.0 Å². The summed E-state index contributed by atoms with van der Waals surface area (Å²) in [5.41, 5.74) is -0.251. The van der Waals surface area contributed by atoms with E-state index in [0.717, 1.165) is 0 Å². The molecule has 0 unspecified atom stereocenters. The van der Waals surface area contributed by atoms with Crippen molar-refractivity contribution in [3.05, 3.63) is 10.4 Å². The molecular formula is C10H14N4O5. The largest absolute Gasteiger partial charge is 0.468 e. The van der Waals surface area contributed by atoms with E-state index in [1.54, 1.807) is 0 Å². The van der Waals surface area contributed by atoms with Gasteiger partial charge in [-0.2, -0.15) is 4.98 Å².